The van der Waals surface area contributed by atoms with Crippen molar-refractivity contribution in [1.82, 2.24) is 0 Å². The van der Waals surface area contributed by atoms with E-state index in [2.05, 4.69) is 15.6 Å². The zero-order valence-corrected chi connectivity index (χ0v) is 16.7. The molecule has 0 radical (unpaired) electrons. The Bertz CT molecular complexity index is 1070. The van der Waals surface area contributed by atoms with Crippen molar-refractivity contribution >= 4 is 55.6 Å². The van der Waals surface area contributed by atoms with Crippen molar-refractivity contribution in [3.05, 3.63) is 58.9 Å². The molecule has 2 N–H and O–H groups in total. The first kappa shape index (κ1) is 19.2. The number of halogens is 2. The summed E-state index contributed by atoms with van der Waals surface area (Å²) in [4.78, 5) is 16.7. The van der Waals surface area contributed by atoms with E-state index in [-0.39, 0.29) is 33.7 Å². The number of nitrogens with one attached hydrogen (secondary N) is 2. The van der Waals surface area contributed by atoms with Gasteiger partial charge in [0.15, 0.2) is 15.0 Å². The second-order valence-corrected chi connectivity index (χ2v) is 10.3. The Hall–Kier alpha value is -2.10. The molecule has 28 heavy (non-hydrogen) atoms. The van der Waals surface area contributed by atoms with E-state index in [9.17, 15) is 17.6 Å². The molecule has 1 saturated heterocycles. The van der Waals surface area contributed by atoms with Gasteiger partial charge < -0.3 is 10.6 Å². The van der Waals surface area contributed by atoms with Crippen molar-refractivity contribution in [2.45, 2.75) is 11.3 Å². The maximum Gasteiger partial charge on any atom is 0.255 e. The van der Waals surface area contributed by atoms with E-state index in [4.69, 9.17) is 11.6 Å². The van der Waals surface area contributed by atoms with Gasteiger partial charge in [-0.2, -0.15) is 0 Å². The van der Waals surface area contributed by atoms with Crippen LogP contribution in [0.4, 0.5) is 15.8 Å². The average molecular weight is 440 g/mol. The van der Waals surface area contributed by atoms with Gasteiger partial charge in [-0.15, -0.1) is 0 Å². The van der Waals surface area contributed by atoms with Gasteiger partial charge in [-0.1, -0.05) is 23.4 Å². The summed E-state index contributed by atoms with van der Waals surface area (Å²) in [6, 6.07) is 10.5. The van der Waals surface area contributed by atoms with E-state index in [1.165, 1.54) is 30.0 Å². The van der Waals surface area contributed by atoms with Crippen molar-refractivity contribution in [2.75, 3.05) is 22.1 Å². The number of carbonyl (C=O) groups is 1. The predicted molar refractivity (Wildman–Crippen MR) is 111 cm³/mol. The fraction of sp³-hybridized carbons (Fsp3) is 0.222. The number of rotatable bonds is 3. The molecule has 2 aromatic rings. The molecule has 1 amide bonds. The monoisotopic (exact) mass is 439 g/mol. The van der Waals surface area contributed by atoms with Gasteiger partial charge in [0.05, 0.1) is 22.6 Å². The van der Waals surface area contributed by atoms with Crippen LogP contribution in [0.25, 0.3) is 0 Å². The van der Waals surface area contributed by atoms with E-state index in [0.29, 0.717) is 16.4 Å². The third-order valence-electron chi connectivity index (χ3n) is 4.39. The Morgan fingerprint density at radius 3 is 2.54 bits per heavy atom. The minimum absolute atomic E-state index is 0.0277. The lowest BCUT2D eigenvalue weighted by Crippen LogP contribution is -2.13. The molecule has 0 bridgehead atoms. The number of hydrogen-bond acceptors (Lipinski definition) is 6. The number of anilines is 2. The molecule has 2 aromatic carbocycles. The van der Waals surface area contributed by atoms with E-state index in [1.807, 2.05) is 0 Å². The third kappa shape index (κ3) is 4.16. The van der Waals surface area contributed by atoms with Gasteiger partial charge in [0.2, 0.25) is 0 Å². The van der Waals surface area contributed by atoms with E-state index in [0.717, 1.165) is 5.69 Å². The minimum atomic E-state index is -2.98. The summed E-state index contributed by atoms with van der Waals surface area (Å²) in [5.41, 5.74) is 1.57. The Labute approximate surface area is 170 Å². The number of amidine groups is 1. The molecule has 2 aliphatic heterocycles. The second-order valence-electron chi connectivity index (χ2n) is 6.52. The molecule has 2 heterocycles. The number of fused-ring (bicyclic) bond motifs is 1. The van der Waals surface area contributed by atoms with Crippen LogP contribution in [0.15, 0.2) is 47.5 Å². The first-order valence-corrected chi connectivity index (χ1v) is 11.5. The number of benzene rings is 2. The molecular weight excluding hydrogens is 425 g/mol. The SMILES string of the molecule is O=C(Nc1ccc(F)c(Cl)c1)c1ccc(NC2=NC3CS(=O)(=O)CC3S2)cc1. The van der Waals surface area contributed by atoms with Crippen LogP contribution in [0.1, 0.15) is 10.4 Å². The molecule has 0 spiro atoms. The van der Waals surface area contributed by atoms with Crippen molar-refractivity contribution < 1.29 is 17.6 Å². The first-order chi connectivity index (χ1) is 13.3. The van der Waals surface area contributed by atoms with Crippen LogP contribution in [-0.2, 0) is 9.84 Å². The van der Waals surface area contributed by atoms with Crippen molar-refractivity contribution in [3.8, 4) is 0 Å². The Morgan fingerprint density at radius 2 is 1.86 bits per heavy atom. The standard InChI is InChI=1S/C18H15ClFN3O3S2/c19-13-7-12(5-6-14(13)20)21-17(24)10-1-3-11(4-2-10)22-18-23-15-8-28(25,26)9-16(15)27-18/h1-7,15-16H,8-9H2,(H,21,24)(H,22,23). The third-order valence-corrected chi connectivity index (χ3v) is 7.83. The lowest BCUT2D eigenvalue weighted by atomic mass is 10.2. The Morgan fingerprint density at radius 1 is 1.14 bits per heavy atom. The number of amides is 1. The molecule has 0 aromatic heterocycles. The van der Waals surface area contributed by atoms with Gasteiger partial charge in [-0.3, -0.25) is 9.79 Å². The highest BCUT2D eigenvalue weighted by molar-refractivity contribution is 8.15. The van der Waals surface area contributed by atoms with Gasteiger partial charge in [0, 0.05) is 22.2 Å². The summed E-state index contributed by atoms with van der Waals surface area (Å²) in [6.45, 7) is 0. The normalized spacial score (nSPS) is 22.4. The van der Waals surface area contributed by atoms with Crippen molar-refractivity contribution in [2.24, 2.45) is 4.99 Å². The molecule has 146 valence electrons. The summed E-state index contributed by atoms with van der Waals surface area (Å²) in [5.74, 6) is -0.641. The molecule has 2 aliphatic rings. The molecule has 10 heteroatoms. The number of aliphatic imine (C=N–C) groups is 1. The van der Waals surface area contributed by atoms with Crippen LogP contribution in [0.5, 0.6) is 0 Å². The second kappa shape index (κ2) is 7.38. The minimum Gasteiger partial charge on any atom is -0.335 e. The lowest BCUT2D eigenvalue weighted by Gasteiger charge is -2.09. The van der Waals surface area contributed by atoms with Gasteiger partial charge in [-0.05, 0) is 42.5 Å². The topological polar surface area (TPSA) is 87.6 Å². The van der Waals surface area contributed by atoms with Crippen LogP contribution in [0.2, 0.25) is 5.02 Å². The summed E-state index contributed by atoms with van der Waals surface area (Å²) in [6.07, 6.45) is 0. The molecular formula is C18H15ClFN3O3S2. The maximum absolute atomic E-state index is 13.2. The molecule has 6 nitrogen and oxygen atoms in total. The number of carbonyl (C=O) groups excluding carboxylic acids is 1. The van der Waals surface area contributed by atoms with Crippen LogP contribution in [0, 0.1) is 5.82 Å². The zero-order valence-electron chi connectivity index (χ0n) is 14.4. The fourth-order valence-electron chi connectivity index (χ4n) is 3.02. The summed E-state index contributed by atoms with van der Waals surface area (Å²) < 4.78 is 36.4. The Balaban J connectivity index is 1.39. The number of sulfone groups is 1. The largest absolute Gasteiger partial charge is 0.335 e. The highest BCUT2D eigenvalue weighted by atomic mass is 35.5. The number of hydrogen-bond donors (Lipinski definition) is 2. The molecule has 2 atom stereocenters. The lowest BCUT2D eigenvalue weighted by molar-refractivity contribution is 0.102. The average Bonchev–Trinajstić information content (AvgIpc) is 3.11. The van der Waals surface area contributed by atoms with Crippen LogP contribution >= 0.6 is 23.4 Å². The number of nitrogens with zero attached hydrogens (tertiary/aromatic N) is 1. The van der Waals surface area contributed by atoms with Gasteiger partial charge in [-0.25, -0.2) is 12.8 Å². The number of thioether (sulfide) groups is 1. The van der Waals surface area contributed by atoms with Crippen LogP contribution < -0.4 is 10.6 Å². The fourth-order valence-corrected chi connectivity index (χ4v) is 6.88. The van der Waals surface area contributed by atoms with Crippen molar-refractivity contribution in [3.63, 3.8) is 0 Å². The van der Waals surface area contributed by atoms with E-state index < -0.39 is 15.7 Å². The van der Waals surface area contributed by atoms with E-state index in [1.54, 1.807) is 24.3 Å². The molecule has 1 fully saturated rings. The Kier molecular flexibility index (Phi) is 5.07. The molecule has 4 rings (SSSR count). The van der Waals surface area contributed by atoms with Gasteiger partial charge in [0.1, 0.15) is 5.82 Å². The molecule has 2 unspecified atom stereocenters. The van der Waals surface area contributed by atoms with Crippen LogP contribution in [0.3, 0.4) is 0 Å². The highest BCUT2D eigenvalue weighted by Crippen LogP contribution is 2.34. The molecule has 0 saturated carbocycles. The summed E-state index contributed by atoms with van der Waals surface area (Å²) >= 11 is 7.15. The summed E-state index contributed by atoms with van der Waals surface area (Å²) in [5, 5.41) is 6.40. The van der Waals surface area contributed by atoms with Crippen LogP contribution in [-0.4, -0.2) is 42.3 Å². The first-order valence-electron chi connectivity index (χ1n) is 8.37. The smallest absolute Gasteiger partial charge is 0.255 e. The quantitative estimate of drug-likeness (QED) is 0.765. The maximum atomic E-state index is 13.2. The predicted octanol–water partition coefficient (Wildman–Crippen LogP) is 3.41. The van der Waals surface area contributed by atoms with Gasteiger partial charge >= 0.3 is 0 Å². The van der Waals surface area contributed by atoms with Crippen molar-refractivity contribution in [1.29, 1.82) is 0 Å². The zero-order chi connectivity index (χ0) is 19.9. The van der Waals surface area contributed by atoms with Gasteiger partial charge in [0.25, 0.3) is 5.91 Å². The summed E-state index contributed by atoms with van der Waals surface area (Å²) in [7, 11) is -2.98. The van der Waals surface area contributed by atoms with E-state index >= 15 is 0 Å². The molecule has 0 aliphatic carbocycles. The highest BCUT2D eigenvalue weighted by Gasteiger charge is 2.42.